The van der Waals surface area contributed by atoms with Gasteiger partial charge in [0.15, 0.2) is 36.3 Å². The lowest BCUT2D eigenvalue weighted by Gasteiger charge is -2.29. The van der Waals surface area contributed by atoms with Gasteiger partial charge in [0.1, 0.15) is 42.0 Å². The lowest BCUT2D eigenvalue weighted by Crippen LogP contribution is -2.37. The van der Waals surface area contributed by atoms with Crippen LogP contribution in [0.5, 0.6) is 0 Å². The molecule has 45 heavy (non-hydrogen) atoms. The third-order valence-electron chi connectivity index (χ3n) is 7.57. The summed E-state index contributed by atoms with van der Waals surface area (Å²) in [6, 6.07) is 0. The molecule has 0 spiro atoms. The molecule has 0 bridgehead atoms. The summed E-state index contributed by atoms with van der Waals surface area (Å²) in [5, 5.41) is -0.482. The number of nitrogens with zero attached hydrogens (tertiary/aromatic N) is 5. The fourth-order valence-electron chi connectivity index (χ4n) is 5.56. The largest absolute Gasteiger partial charge is 0.346 e. The van der Waals surface area contributed by atoms with Gasteiger partial charge in [-0.1, -0.05) is 0 Å². The Morgan fingerprint density at radius 3 is 2.16 bits per heavy atom. The van der Waals surface area contributed by atoms with Crippen LogP contribution in [0.15, 0.2) is 28.6 Å². The highest BCUT2D eigenvalue weighted by Crippen LogP contribution is 2.54. The molecule has 3 saturated heterocycles. The van der Waals surface area contributed by atoms with E-state index in [4.69, 9.17) is 42.7 Å². The first-order chi connectivity index (χ1) is 21.3. The summed E-state index contributed by atoms with van der Waals surface area (Å²) in [5.74, 6) is -1.44. The van der Waals surface area contributed by atoms with Gasteiger partial charge in [0, 0.05) is 12.4 Å². The van der Waals surface area contributed by atoms with E-state index in [2.05, 4.69) is 19.9 Å². The molecule has 0 amide bonds. The molecule has 4 aliphatic heterocycles. The molecule has 1 N–H and O–H groups in total. The van der Waals surface area contributed by atoms with Gasteiger partial charge in [0.25, 0.3) is 20.5 Å². The van der Waals surface area contributed by atoms with Gasteiger partial charge >= 0.3 is 0 Å². The van der Waals surface area contributed by atoms with E-state index < -0.39 is 99.9 Å². The van der Waals surface area contributed by atoms with Crippen LogP contribution in [0.4, 0.5) is 13.2 Å². The second kappa shape index (κ2) is 11.1. The lowest BCUT2D eigenvalue weighted by molar-refractivity contribution is -0.0554. The second-order valence-electron chi connectivity index (χ2n) is 10.4. The highest BCUT2D eigenvalue weighted by Gasteiger charge is 2.54. The number of hydrogen-bond donors (Lipinski definition) is 1. The van der Waals surface area contributed by atoms with E-state index in [9.17, 15) is 23.1 Å². The van der Waals surface area contributed by atoms with E-state index in [1.807, 2.05) is 0 Å². The normalized spacial score (nSPS) is 38.8. The zero-order valence-corrected chi connectivity index (χ0v) is 24.3. The van der Waals surface area contributed by atoms with Crippen molar-refractivity contribution in [2.24, 2.45) is 4.99 Å². The number of carbonyl (C=O) groups excluding carboxylic acids is 1. The van der Waals surface area contributed by atoms with E-state index in [1.165, 1.54) is 10.8 Å². The molecule has 16 nitrogen and oxygen atoms in total. The third kappa shape index (κ3) is 5.38. The number of ketones is 1. The van der Waals surface area contributed by atoms with Gasteiger partial charge in [-0.15, -0.1) is 0 Å². The van der Waals surface area contributed by atoms with E-state index in [1.54, 1.807) is 0 Å². The number of Topliss-reactive ketones (excluding diaryl/α,β-unsaturated/α-hetero) is 1. The maximum atomic E-state index is 15.9. The summed E-state index contributed by atoms with van der Waals surface area (Å²) in [6.07, 6.45) is -10.1. The van der Waals surface area contributed by atoms with Gasteiger partial charge in [-0.3, -0.25) is 32.8 Å². The molecule has 23 heteroatoms. The lowest BCUT2D eigenvalue weighted by atomic mass is 10.1. The Bertz CT molecular complexity index is 1880. The van der Waals surface area contributed by atoms with E-state index in [-0.39, 0.29) is 23.6 Å². The highest BCUT2D eigenvalue weighted by molar-refractivity contribution is 7.79. The topological polar surface area (TPSA) is 187 Å². The third-order valence-corrected chi connectivity index (χ3v) is 9.66. The highest BCUT2D eigenvalue weighted by atomic mass is 31.2. The Hall–Kier alpha value is -2.89. The van der Waals surface area contributed by atoms with Crippen molar-refractivity contribution < 1.29 is 54.7 Å². The molecule has 3 aromatic heterocycles. The summed E-state index contributed by atoms with van der Waals surface area (Å²) in [7, 11) is 2.16. The number of H-pyrrole nitrogens is 1. The Kier molecular flexibility index (Phi) is 7.60. The number of alkyl halides is 2. The van der Waals surface area contributed by atoms with Crippen LogP contribution in [0.2, 0.25) is 0 Å². The molecule has 7 heterocycles. The number of carbonyl (C=O) groups is 1. The molecule has 0 aromatic carbocycles. The number of fused-ring (bicyclic) bond motifs is 4. The first-order valence-corrected chi connectivity index (χ1v) is 16.4. The summed E-state index contributed by atoms with van der Waals surface area (Å²) >= 11 is 0. The fourth-order valence-corrected chi connectivity index (χ4v) is 7.57. The Balaban J connectivity index is 1.17. The second-order valence-corrected chi connectivity index (χ2v) is 13.5. The van der Waals surface area contributed by atoms with Gasteiger partial charge < -0.3 is 32.6 Å². The number of nitrogens with one attached hydrogen (secondary N) is 1. The van der Waals surface area contributed by atoms with Gasteiger partial charge in [0.05, 0.1) is 31.6 Å². The minimum Gasteiger partial charge on any atom is -0.346 e. The molecule has 234 valence electrons. The Labute approximate surface area is 252 Å². The van der Waals surface area contributed by atoms with Crippen molar-refractivity contribution in [2.75, 3.05) is 19.8 Å². The van der Waals surface area contributed by atoms with Crippen molar-refractivity contribution in [1.29, 1.82) is 0 Å². The Morgan fingerprint density at radius 2 is 1.53 bits per heavy atom. The average Bonchev–Trinajstić information content (AvgIpc) is 3.71. The molecule has 10 atom stereocenters. The molecule has 0 saturated carbocycles. The zero-order valence-electron chi connectivity index (χ0n) is 22.6. The maximum Gasteiger partial charge on any atom is 0.264 e. The maximum absolute atomic E-state index is 15.9. The molecule has 4 radical (unpaired) electrons. The van der Waals surface area contributed by atoms with Crippen LogP contribution >= 0.6 is 14.9 Å². The standard InChI is InChI=1S/C22H19B2F3N6O10P2/c23-44(36)39-5-12-18(15(27)22(41-12)33-7-31-16-9(33)1-28-2-10(16)34)43-45(24,37)38-4-11-17(42-44)14(26)21(40-11)32-3-8(25)13-19(32)29-6-30-20(13)35/h1,3,6-7,11-12,14-15,17-18,21-22H,2,4-5H2,(H,29,30,35)/t11-,12-,14?,15+,17+,18?,21-,22-,44?,45?/m1/s1. The van der Waals surface area contributed by atoms with Crippen molar-refractivity contribution in [2.45, 2.75) is 49.2 Å². The predicted molar refractivity (Wildman–Crippen MR) is 145 cm³/mol. The van der Waals surface area contributed by atoms with Gasteiger partial charge in [0.2, 0.25) is 20.9 Å². The van der Waals surface area contributed by atoms with Crippen LogP contribution in [0.3, 0.4) is 0 Å². The van der Waals surface area contributed by atoms with Crippen molar-refractivity contribution in [3.05, 3.63) is 46.4 Å². The quantitative estimate of drug-likeness (QED) is 0.305. The van der Waals surface area contributed by atoms with Crippen LogP contribution in [0.25, 0.3) is 11.0 Å². The van der Waals surface area contributed by atoms with Crippen molar-refractivity contribution in [3.8, 4) is 0 Å². The van der Waals surface area contributed by atoms with Crippen molar-refractivity contribution >= 4 is 53.1 Å². The molecule has 4 aliphatic rings. The minimum absolute atomic E-state index is 0.0281. The Morgan fingerprint density at radius 1 is 0.933 bits per heavy atom. The molecule has 3 aromatic rings. The number of rotatable bonds is 2. The number of aromatic amines is 1. The zero-order chi connectivity index (χ0) is 31.8. The molecular formula is C22H19B2F3N6O10P2. The van der Waals surface area contributed by atoms with Crippen LogP contribution in [-0.4, -0.2) is 108 Å². The molecule has 7 rings (SSSR count). The smallest absolute Gasteiger partial charge is 0.264 e. The van der Waals surface area contributed by atoms with E-state index in [0.717, 1.165) is 23.4 Å². The number of aliphatic imine (C=N–C) groups is 1. The van der Waals surface area contributed by atoms with E-state index >= 15 is 8.78 Å². The van der Waals surface area contributed by atoms with Crippen LogP contribution in [0.1, 0.15) is 28.6 Å². The van der Waals surface area contributed by atoms with Gasteiger partial charge in [-0.2, -0.15) is 0 Å². The number of hydrogen-bond acceptors (Lipinski definition) is 13. The van der Waals surface area contributed by atoms with E-state index in [0.29, 0.717) is 0 Å². The summed E-state index contributed by atoms with van der Waals surface area (Å²) in [5.41, 5.74) is -0.959. The summed E-state index contributed by atoms with van der Waals surface area (Å²) in [6.45, 7) is -1.77. The van der Waals surface area contributed by atoms with Crippen molar-refractivity contribution in [3.63, 3.8) is 0 Å². The summed E-state index contributed by atoms with van der Waals surface area (Å²) in [4.78, 5) is 38.2. The van der Waals surface area contributed by atoms with Crippen LogP contribution < -0.4 is 5.56 Å². The monoisotopic (exact) mass is 668 g/mol. The van der Waals surface area contributed by atoms with Crippen LogP contribution in [0, 0.1) is 5.82 Å². The van der Waals surface area contributed by atoms with Crippen molar-refractivity contribution in [1.82, 2.24) is 24.1 Å². The first kappa shape index (κ1) is 30.7. The van der Waals surface area contributed by atoms with Crippen LogP contribution in [-0.2, 0) is 36.7 Å². The predicted octanol–water partition coefficient (Wildman–Crippen LogP) is 1.22. The minimum atomic E-state index is -4.70. The fraction of sp³-hybridized carbons (Fsp3) is 0.500. The SMILES string of the molecule is [B]P1(=O)OC[C@H]2O[C@@H](n3cc(F)c4c(=O)[nH]cnc43)C(F)[C@H]2OP([B])(=O)OC[C@H]2O[C@@H](n3cnc4c3C=NCC4=O)[C@@H](F)C2O1. The van der Waals surface area contributed by atoms with Gasteiger partial charge in [-0.25, -0.2) is 23.1 Å². The van der Waals surface area contributed by atoms with Gasteiger partial charge in [-0.05, 0) is 0 Å². The molecule has 3 fully saturated rings. The summed E-state index contributed by atoms with van der Waals surface area (Å²) < 4.78 is 107. The first-order valence-electron chi connectivity index (χ1n) is 13.2. The molecule has 4 unspecified atom stereocenters. The molecule has 0 aliphatic carbocycles. The number of aromatic nitrogens is 5. The number of halogens is 3. The number of ether oxygens (including phenoxy) is 2. The number of imidazole rings is 1. The molecular weight excluding hydrogens is 649 g/mol. The average molecular weight is 668 g/mol.